The highest BCUT2D eigenvalue weighted by Gasteiger charge is 2.42. The number of benzene rings is 11. The van der Waals surface area contributed by atoms with E-state index in [0.29, 0.717) is 0 Å². The van der Waals surface area contributed by atoms with Gasteiger partial charge in [-0.05, 0) is 91.5 Å². The van der Waals surface area contributed by atoms with Gasteiger partial charge in [0.1, 0.15) is 0 Å². The Morgan fingerprint density at radius 3 is 1.07 bits per heavy atom. The Balaban J connectivity index is 1.01. The van der Waals surface area contributed by atoms with Crippen LogP contribution in [-0.4, -0.2) is 17.2 Å². The van der Waals surface area contributed by atoms with Crippen LogP contribution in [0.4, 0.5) is 0 Å². The Bertz CT molecular complexity index is 3760. The maximum Gasteiger partial charge on any atom is 0.179 e. The van der Waals surface area contributed by atoms with E-state index in [4.69, 9.17) is 0 Å². The van der Waals surface area contributed by atoms with Crippen molar-refractivity contribution in [3.05, 3.63) is 313 Å². The lowest BCUT2D eigenvalue weighted by Gasteiger charge is -2.37. The fraction of sp³-hybridized carbons (Fsp3) is 0.0149. The molecule has 2 heterocycles. The summed E-state index contributed by atoms with van der Waals surface area (Å²) < 4.78 is 4.95. The highest BCUT2D eigenvalue weighted by molar-refractivity contribution is 7.20. The Morgan fingerprint density at radius 1 is 0.229 bits per heavy atom. The monoisotopic (exact) mass is 908 g/mol. The molecule has 0 unspecified atom stereocenters. The lowest BCUT2D eigenvalue weighted by atomic mass is 9.65. The molecule has 0 amide bonds. The van der Waals surface area contributed by atoms with Crippen LogP contribution >= 0.6 is 0 Å². The first-order valence-corrected chi connectivity index (χ1v) is 26.3. The second-order valence-electron chi connectivity index (χ2n) is 18.4. The Morgan fingerprint density at radius 2 is 0.586 bits per heavy atom. The van der Waals surface area contributed by atoms with E-state index in [-0.39, 0.29) is 0 Å². The molecule has 0 atom stereocenters. The van der Waals surface area contributed by atoms with Gasteiger partial charge in [0, 0.05) is 32.9 Å². The van der Waals surface area contributed by atoms with Gasteiger partial charge in [0.2, 0.25) is 0 Å². The maximum absolute atomic E-state index is 2.80. The van der Waals surface area contributed by atoms with Crippen molar-refractivity contribution in [2.45, 2.75) is 5.41 Å². The van der Waals surface area contributed by atoms with Crippen LogP contribution < -0.4 is 20.7 Å². The van der Waals surface area contributed by atoms with Gasteiger partial charge in [0.25, 0.3) is 0 Å². The first-order chi connectivity index (χ1) is 34.7. The summed E-state index contributed by atoms with van der Waals surface area (Å²) in [7, 11) is -2.80. The summed E-state index contributed by atoms with van der Waals surface area (Å²) in [4.78, 5) is 0. The van der Waals surface area contributed by atoms with Crippen LogP contribution in [0.1, 0.15) is 22.3 Å². The van der Waals surface area contributed by atoms with Crippen molar-refractivity contribution in [1.29, 1.82) is 0 Å². The molecule has 0 saturated heterocycles. The lowest BCUT2D eigenvalue weighted by Crippen LogP contribution is -2.74. The molecule has 0 aliphatic carbocycles. The van der Waals surface area contributed by atoms with Gasteiger partial charge in [-0.1, -0.05) is 243 Å². The summed E-state index contributed by atoms with van der Waals surface area (Å²) in [6, 6.07) is 108. The van der Waals surface area contributed by atoms with Gasteiger partial charge < -0.3 is 9.13 Å². The first kappa shape index (κ1) is 41.4. The summed E-state index contributed by atoms with van der Waals surface area (Å²) in [5.74, 6) is 0. The third kappa shape index (κ3) is 6.40. The standard InChI is InChI=1S/C67H48N2Si/c1-7-23-49(24-8-1)67(50-25-9-2-10-26-50,51-27-11-3-12-28-51)52-39-41-53(42-40-52)68-64-38-22-20-36-60(64)62-47-54(43-46-65(62)68)69-63-37-21-19-35-59(63)61-45-44-58(48-66(61)69)70(55-29-13-4-14-30-55,56-31-15-5-16-32-56)57-33-17-6-18-34-57/h1-48H. The Hall–Kier alpha value is -8.76. The molecule has 0 fully saturated rings. The van der Waals surface area contributed by atoms with E-state index in [1.807, 2.05) is 0 Å². The van der Waals surface area contributed by atoms with Crippen LogP contribution in [-0.2, 0) is 5.41 Å². The lowest BCUT2D eigenvalue weighted by molar-refractivity contribution is 0.745. The molecule has 11 aromatic carbocycles. The third-order valence-electron chi connectivity index (χ3n) is 14.8. The molecular weight excluding hydrogens is 861 g/mol. The highest BCUT2D eigenvalue weighted by atomic mass is 28.3. The van der Waals surface area contributed by atoms with E-state index in [1.54, 1.807) is 0 Å². The second kappa shape index (κ2) is 17.1. The first-order valence-electron chi connectivity index (χ1n) is 24.3. The minimum absolute atomic E-state index is 0.522. The van der Waals surface area contributed by atoms with Gasteiger partial charge in [-0.15, -0.1) is 0 Å². The molecule has 330 valence electrons. The SMILES string of the molecule is c1ccc(C(c2ccccc2)(c2ccccc2)c2ccc(-n3c4ccccc4c4cc(-n5c6ccccc6c6ccc([Si](c7ccccc7)(c7ccccc7)c7ccccc7)cc65)ccc43)cc2)cc1. The predicted molar refractivity (Wildman–Crippen MR) is 297 cm³/mol. The van der Waals surface area contributed by atoms with Crippen LogP contribution in [0.2, 0.25) is 0 Å². The van der Waals surface area contributed by atoms with Gasteiger partial charge in [0.05, 0.1) is 27.5 Å². The summed E-state index contributed by atoms with van der Waals surface area (Å²) in [5.41, 5.74) is 11.4. The normalized spacial score (nSPS) is 12.0. The fourth-order valence-electron chi connectivity index (χ4n) is 11.8. The van der Waals surface area contributed by atoms with E-state index >= 15 is 0 Å². The van der Waals surface area contributed by atoms with Gasteiger partial charge in [-0.25, -0.2) is 0 Å². The molecule has 0 N–H and O–H groups in total. The molecule has 0 radical (unpaired) electrons. The van der Waals surface area contributed by atoms with Gasteiger partial charge in [-0.3, -0.25) is 0 Å². The average Bonchev–Trinajstić information content (AvgIpc) is 3.95. The number of nitrogens with zero attached hydrogens (tertiary/aromatic N) is 2. The average molecular weight is 909 g/mol. The molecule has 3 heteroatoms. The van der Waals surface area contributed by atoms with E-state index in [9.17, 15) is 0 Å². The largest absolute Gasteiger partial charge is 0.309 e. The number of hydrogen-bond acceptors (Lipinski definition) is 0. The number of hydrogen-bond donors (Lipinski definition) is 0. The molecule has 0 aliphatic rings. The zero-order chi connectivity index (χ0) is 46.5. The number of fused-ring (bicyclic) bond motifs is 6. The molecular formula is C67H48N2Si. The van der Waals surface area contributed by atoms with E-state index in [0.717, 1.165) is 11.4 Å². The Kier molecular flexibility index (Phi) is 10.1. The number of aromatic nitrogens is 2. The summed E-state index contributed by atoms with van der Waals surface area (Å²) in [6.07, 6.45) is 0. The minimum Gasteiger partial charge on any atom is -0.309 e. The van der Waals surface area contributed by atoms with E-state index < -0.39 is 13.5 Å². The molecule has 0 aliphatic heterocycles. The molecule has 70 heavy (non-hydrogen) atoms. The molecule has 2 nitrogen and oxygen atoms in total. The van der Waals surface area contributed by atoms with Crippen LogP contribution in [0.5, 0.6) is 0 Å². The van der Waals surface area contributed by atoms with E-state index in [1.165, 1.54) is 86.6 Å². The number of para-hydroxylation sites is 2. The predicted octanol–water partition coefficient (Wildman–Crippen LogP) is 13.6. The minimum atomic E-state index is -2.80. The highest BCUT2D eigenvalue weighted by Crippen LogP contribution is 2.46. The molecule has 0 saturated carbocycles. The second-order valence-corrected chi connectivity index (χ2v) is 22.2. The van der Waals surface area contributed by atoms with Crippen molar-refractivity contribution in [2.24, 2.45) is 0 Å². The Labute approximate surface area is 409 Å². The zero-order valence-electron chi connectivity index (χ0n) is 38.6. The van der Waals surface area contributed by atoms with Gasteiger partial charge in [0.15, 0.2) is 8.07 Å². The van der Waals surface area contributed by atoms with Crippen molar-refractivity contribution >= 4 is 72.4 Å². The maximum atomic E-state index is 2.52. The zero-order valence-corrected chi connectivity index (χ0v) is 39.6. The molecule has 13 aromatic rings. The van der Waals surface area contributed by atoms with Gasteiger partial charge in [-0.2, -0.15) is 0 Å². The topological polar surface area (TPSA) is 9.86 Å². The van der Waals surface area contributed by atoms with Crippen molar-refractivity contribution in [3.8, 4) is 11.4 Å². The quantitative estimate of drug-likeness (QED) is 0.0956. The van der Waals surface area contributed by atoms with E-state index in [2.05, 4.69) is 300 Å². The van der Waals surface area contributed by atoms with Crippen molar-refractivity contribution in [2.75, 3.05) is 0 Å². The summed E-state index contributed by atoms with van der Waals surface area (Å²) >= 11 is 0. The van der Waals surface area contributed by atoms with Crippen LogP contribution in [0.15, 0.2) is 291 Å². The fourth-order valence-corrected chi connectivity index (χ4v) is 16.6. The van der Waals surface area contributed by atoms with Gasteiger partial charge >= 0.3 is 0 Å². The van der Waals surface area contributed by atoms with Crippen LogP contribution in [0.25, 0.3) is 55.0 Å². The molecule has 2 aromatic heterocycles. The molecule has 13 rings (SSSR count). The summed E-state index contributed by atoms with van der Waals surface area (Å²) in [5, 5.41) is 10.4. The molecule has 0 spiro atoms. The van der Waals surface area contributed by atoms with Crippen molar-refractivity contribution in [1.82, 2.24) is 9.13 Å². The summed E-state index contributed by atoms with van der Waals surface area (Å²) in [6.45, 7) is 0. The molecule has 0 bridgehead atoms. The van der Waals surface area contributed by atoms with Crippen LogP contribution in [0.3, 0.4) is 0 Å². The number of rotatable bonds is 10. The van der Waals surface area contributed by atoms with Crippen molar-refractivity contribution in [3.63, 3.8) is 0 Å². The smallest absolute Gasteiger partial charge is 0.179 e. The van der Waals surface area contributed by atoms with Crippen molar-refractivity contribution < 1.29 is 0 Å². The third-order valence-corrected chi connectivity index (χ3v) is 19.6. The van der Waals surface area contributed by atoms with Crippen LogP contribution in [0, 0.1) is 0 Å².